The summed E-state index contributed by atoms with van der Waals surface area (Å²) in [5.74, 6) is 0.915. The molecule has 0 fully saturated rings. The monoisotopic (exact) mass is 506 g/mol. The molecule has 0 spiro atoms. The van der Waals surface area contributed by atoms with Crippen LogP contribution in [0.15, 0.2) is 30.5 Å². The minimum Gasteiger partial charge on any atom is -0.492 e. The second-order valence-corrected chi connectivity index (χ2v) is 9.37. The molecule has 2 aromatic heterocycles. The van der Waals surface area contributed by atoms with E-state index in [2.05, 4.69) is 50.8 Å². The molecule has 0 unspecified atom stereocenters. The second-order valence-electron chi connectivity index (χ2n) is 8.20. The molecule has 0 radical (unpaired) electrons. The Labute approximate surface area is 183 Å². The van der Waals surface area contributed by atoms with Crippen molar-refractivity contribution in [3.8, 4) is 17.0 Å². The first-order valence-corrected chi connectivity index (χ1v) is 10.5. The SMILES string of the molecule is CN1CCOc2ccc(-c3cc4c(I)cn(C(=O)OC(C)(C)C)c4nn3)cc2C1. The van der Waals surface area contributed by atoms with Crippen molar-refractivity contribution in [2.24, 2.45) is 0 Å². The van der Waals surface area contributed by atoms with Gasteiger partial charge < -0.3 is 9.47 Å². The van der Waals surface area contributed by atoms with Gasteiger partial charge in [0, 0.05) is 39.4 Å². The highest BCUT2D eigenvalue weighted by Gasteiger charge is 2.22. The first-order valence-electron chi connectivity index (χ1n) is 9.43. The zero-order valence-corrected chi connectivity index (χ0v) is 19.1. The number of aromatic nitrogens is 3. The maximum absolute atomic E-state index is 12.5. The first-order chi connectivity index (χ1) is 13.7. The van der Waals surface area contributed by atoms with Crippen LogP contribution in [0.1, 0.15) is 26.3 Å². The van der Waals surface area contributed by atoms with Gasteiger partial charge in [0.2, 0.25) is 0 Å². The van der Waals surface area contributed by atoms with Crippen LogP contribution in [0.25, 0.3) is 22.3 Å². The number of fused-ring (bicyclic) bond motifs is 2. The standard InChI is InChI=1S/C21H23IN4O3/c1-21(2,3)29-20(27)26-12-16(22)15-10-17(23-24-19(15)26)13-5-6-18-14(9-13)11-25(4)7-8-28-18/h5-6,9-10,12H,7-8,11H2,1-4H3. The fraction of sp³-hybridized carbons (Fsp3) is 0.381. The summed E-state index contributed by atoms with van der Waals surface area (Å²) in [5, 5.41) is 9.59. The van der Waals surface area contributed by atoms with Gasteiger partial charge in [0.25, 0.3) is 0 Å². The number of halogens is 1. The molecular formula is C21H23IN4O3. The number of carbonyl (C=O) groups excluding carboxylic acids is 1. The van der Waals surface area contributed by atoms with E-state index in [1.54, 1.807) is 6.20 Å². The molecule has 7 nitrogen and oxygen atoms in total. The smallest absolute Gasteiger partial charge is 0.420 e. The van der Waals surface area contributed by atoms with Crippen LogP contribution in [0.5, 0.6) is 5.75 Å². The molecule has 0 saturated carbocycles. The molecule has 0 atom stereocenters. The lowest BCUT2D eigenvalue weighted by molar-refractivity contribution is 0.0543. The molecule has 1 aliphatic heterocycles. The fourth-order valence-electron chi connectivity index (χ4n) is 3.26. The van der Waals surface area contributed by atoms with Crippen LogP contribution < -0.4 is 4.74 Å². The molecule has 3 aromatic rings. The minimum atomic E-state index is -0.580. The second kappa shape index (κ2) is 7.56. The summed E-state index contributed by atoms with van der Waals surface area (Å²) < 4.78 is 13.6. The molecule has 8 heteroatoms. The van der Waals surface area contributed by atoms with E-state index in [1.807, 2.05) is 39.0 Å². The van der Waals surface area contributed by atoms with Crippen LogP contribution in [0.2, 0.25) is 0 Å². The van der Waals surface area contributed by atoms with Gasteiger partial charge in [-0.3, -0.25) is 4.90 Å². The van der Waals surface area contributed by atoms with E-state index in [0.29, 0.717) is 12.3 Å². The Morgan fingerprint density at radius 2 is 2.03 bits per heavy atom. The van der Waals surface area contributed by atoms with Crippen molar-refractivity contribution in [2.75, 3.05) is 20.2 Å². The van der Waals surface area contributed by atoms with Gasteiger partial charge in [0.1, 0.15) is 18.0 Å². The van der Waals surface area contributed by atoms with Gasteiger partial charge in [0.05, 0.1) is 5.69 Å². The Bertz CT molecular complexity index is 1090. The average molecular weight is 506 g/mol. The highest BCUT2D eigenvalue weighted by molar-refractivity contribution is 14.1. The van der Waals surface area contributed by atoms with Crippen LogP contribution >= 0.6 is 22.6 Å². The van der Waals surface area contributed by atoms with Crippen LogP contribution in [0, 0.1) is 3.57 Å². The number of carbonyl (C=O) groups is 1. The van der Waals surface area contributed by atoms with E-state index in [4.69, 9.17) is 9.47 Å². The minimum absolute atomic E-state index is 0.460. The molecule has 4 rings (SSSR count). The van der Waals surface area contributed by atoms with Crippen molar-refractivity contribution < 1.29 is 14.3 Å². The molecule has 0 amide bonds. The van der Waals surface area contributed by atoms with E-state index in [-0.39, 0.29) is 0 Å². The normalized spacial score (nSPS) is 14.9. The summed E-state index contributed by atoms with van der Waals surface area (Å²) in [7, 11) is 2.08. The molecule has 0 bridgehead atoms. The van der Waals surface area contributed by atoms with Gasteiger partial charge in [-0.15, -0.1) is 10.2 Å². The molecule has 0 aliphatic carbocycles. The Kier molecular flexibility index (Phi) is 5.24. The fourth-order valence-corrected chi connectivity index (χ4v) is 3.93. The van der Waals surface area contributed by atoms with E-state index in [1.165, 1.54) is 4.57 Å². The largest absolute Gasteiger partial charge is 0.492 e. The Hall–Kier alpha value is -2.20. The molecule has 0 N–H and O–H groups in total. The third kappa shape index (κ3) is 4.23. The zero-order chi connectivity index (χ0) is 20.8. The predicted molar refractivity (Wildman–Crippen MR) is 119 cm³/mol. The van der Waals surface area contributed by atoms with Crippen LogP contribution in [0.3, 0.4) is 0 Å². The number of likely N-dealkylation sites (N-methyl/N-ethyl adjacent to an activating group) is 1. The Morgan fingerprint density at radius 1 is 1.24 bits per heavy atom. The van der Waals surface area contributed by atoms with Gasteiger partial charge in [-0.1, -0.05) is 0 Å². The summed E-state index contributed by atoms with van der Waals surface area (Å²) in [6, 6.07) is 8.06. The summed E-state index contributed by atoms with van der Waals surface area (Å²) in [6.45, 7) is 7.92. The molecule has 3 heterocycles. The number of rotatable bonds is 1. The van der Waals surface area contributed by atoms with Gasteiger partial charge in [-0.05, 0) is 74.7 Å². The number of nitrogens with zero attached hydrogens (tertiary/aromatic N) is 4. The molecule has 152 valence electrons. The van der Waals surface area contributed by atoms with Gasteiger partial charge in [-0.25, -0.2) is 9.36 Å². The number of hydrogen-bond donors (Lipinski definition) is 0. The first kappa shape index (κ1) is 20.1. The lowest BCUT2D eigenvalue weighted by Crippen LogP contribution is -2.27. The van der Waals surface area contributed by atoms with Crippen LogP contribution in [-0.2, 0) is 11.3 Å². The summed E-state index contributed by atoms with van der Waals surface area (Å²) in [4.78, 5) is 14.7. The Balaban J connectivity index is 1.72. The molecule has 1 aromatic carbocycles. The van der Waals surface area contributed by atoms with Crippen molar-refractivity contribution in [3.05, 3.63) is 39.6 Å². The number of benzene rings is 1. The molecule has 1 aliphatic rings. The van der Waals surface area contributed by atoms with Crippen molar-refractivity contribution >= 4 is 39.7 Å². The number of hydrogen-bond acceptors (Lipinski definition) is 6. The maximum atomic E-state index is 12.5. The topological polar surface area (TPSA) is 69.5 Å². The summed E-state index contributed by atoms with van der Waals surface area (Å²) in [5.41, 5.74) is 2.77. The highest BCUT2D eigenvalue weighted by Crippen LogP contribution is 2.30. The van der Waals surface area contributed by atoms with Crippen molar-refractivity contribution in [1.82, 2.24) is 19.7 Å². The quantitative estimate of drug-likeness (QED) is 0.459. The van der Waals surface area contributed by atoms with E-state index in [9.17, 15) is 4.79 Å². The predicted octanol–water partition coefficient (Wildman–Crippen LogP) is 4.31. The van der Waals surface area contributed by atoms with Gasteiger partial charge in [-0.2, -0.15) is 0 Å². The Morgan fingerprint density at radius 3 is 2.79 bits per heavy atom. The van der Waals surface area contributed by atoms with Crippen molar-refractivity contribution in [1.29, 1.82) is 0 Å². The van der Waals surface area contributed by atoms with E-state index >= 15 is 0 Å². The van der Waals surface area contributed by atoms with Crippen LogP contribution in [-0.4, -0.2) is 51.6 Å². The van der Waals surface area contributed by atoms with Gasteiger partial charge in [0.15, 0.2) is 5.65 Å². The molecule has 0 saturated heterocycles. The van der Waals surface area contributed by atoms with Gasteiger partial charge >= 0.3 is 6.09 Å². The van der Waals surface area contributed by atoms with E-state index in [0.717, 1.165) is 44.6 Å². The highest BCUT2D eigenvalue weighted by atomic mass is 127. The van der Waals surface area contributed by atoms with Crippen molar-refractivity contribution in [2.45, 2.75) is 32.9 Å². The zero-order valence-electron chi connectivity index (χ0n) is 16.9. The lowest BCUT2D eigenvalue weighted by Gasteiger charge is -2.19. The third-order valence-electron chi connectivity index (χ3n) is 4.62. The third-order valence-corrected chi connectivity index (χ3v) is 5.48. The summed E-state index contributed by atoms with van der Waals surface area (Å²) in [6.07, 6.45) is 1.27. The summed E-state index contributed by atoms with van der Waals surface area (Å²) >= 11 is 2.20. The van der Waals surface area contributed by atoms with E-state index < -0.39 is 11.7 Å². The molecular weight excluding hydrogens is 483 g/mol. The number of ether oxygens (including phenoxy) is 2. The maximum Gasteiger partial charge on any atom is 0.420 e. The average Bonchev–Trinajstić information content (AvgIpc) is 2.85. The van der Waals surface area contributed by atoms with Crippen molar-refractivity contribution in [3.63, 3.8) is 0 Å². The lowest BCUT2D eigenvalue weighted by atomic mass is 10.1. The van der Waals surface area contributed by atoms with Crippen LogP contribution in [0.4, 0.5) is 4.79 Å². The molecule has 29 heavy (non-hydrogen) atoms.